The smallest absolute Gasteiger partial charge is 0.239 e. The third kappa shape index (κ3) is 2.39. The lowest BCUT2D eigenvalue weighted by atomic mass is 10.0. The van der Waals surface area contributed by atoms with Gasteiger partial charge in [0.15, 0.2) is 0 Å². The van der Waals surface area contributed by atoms with Gasteiger partial charge in [-0.05, 0) is 13.8 Å². The molecule has 1 amide bonds. The molecule has 0 aromatic rings. The number of carbonyl (C=O) groups excluding carboxylic acids is 1. The van der Waals surface area contributed by atoms with Crippen molar-refractivity contribution in [3.05, 3.63) is 0 Å². The van der Waals surface area contributed by atoms with Crippen LogP contribution in [-0.2, 0) is 4.79 Å². The van der Waals surface area contributed by atoms with Crippen LogP contribution in [0.2, 0.25) is 0 Å². The van der Waals surface area contributed by atoms with Gasteiger partial charge >= 0.3 is 0 Å². The first-order chi connectivity index (χ1) is 6.08. The Morgan fingerprint density at radius 1 is 1.85 bits per heavy atom. The van der Waals surface area contributed by atoms with Gasteiger partial charge in [0.1, 0.15) is 6.04 Å². The van der Waals surface area contributed by atoms with E-state index in [1.165, 1.54) is 0 Å². The SMILES string of the molecule is C#CCNC(=O)C1NCSC1(C)C. The largest absolute Gasteiger partial charge is 0.344 e. The van der Waals surface area contributed by atoms with E-state index in [0.29, 0.717) is 6.54 Å². The van der Waals surface area contributed by atoms with Crippen molar-refractivity contribution in [2.24, 2.45) is 0 Å². The first-order valence-electron chi connectivity index (χ1n) is 4.16. The molecule has 0 aliphatic carbocycles. The second-order valence-corrected chi connectivity index (χ2v) is 5.08. The molecule has 1 heterocycles. The lowest BCUT2D eigenvalue weighted by Gasteiger charge is -2.23. The van der Waals surface area contributed by atoms with E-state index < -0.39 is 0 Å². The van der Waals surface area contributed by atoms with Crippen LogP contribution in [-0.4, -0.2) is 29.1 Å². The van der Waals surface area contributed by atoms with Gasteiger partial charge in [0.05, 0.1) is 6.54 Å². The van der Waals surface area contributed by atoms with Gasteiger partial charge in [-0.1, -0.05) is 5.92 Å². The van der Waals surface area contributed by atoms with Gasteiger partial charge in [0.25, 0.3) is 0 Å². The maximum absolute atomic E-state index is 11.5. The third-order valence-electron chi connectivity index (χ3n) is 2.05. The van der Waals surface area contributed by atoms with Gasteiger partial charge in [0, 0.05) is 10.6 Å². The summed E-state index contributed by atoms with van der Waals surface area (Å²) in [5.74, 6) is 3.20. The van der Waals surface area contributed by atoms with Crippen molar-refractivity contribution < 1.29 is 4.79 Å². The Labute approximate surface area is 83.0 Å². The highest BCUT2D eigenvalue weighted by Crippen LogP contribution is 2.32. The average molecular weight is 198 g/mol. The topological polar surface area (TPSA) is 41.1 Å². The van der Waals surface area contributed by atoms with Crippen LogP contribution in [0.25, 0.3) is 0 Å². The zero-order valence-electron chi connectivity index (χ0n) is 7.89. The van der Waals surface area contributed by atoms with Crippen LogP contribution in [0.1, 0.15) is 13.8 Å². The molecule has 13 heavy (non-hydrogen) atoms. The van der Waals surface area contributed by atoms with Gasteiger partial charge in [-0.25, -0.2) is 0 Å². The molecular formula is C9H14N2OS. The number of nitrogens with one attached hydrogen (secondary N) is 2. The molecule has 3 nitrogen and oxygen atoms in total. The van der Waals surface area contributed by atoms with Crippen molar-refractivity contribution in [2.45, 2.75) is 24.6 Å². The molecule has 4 heteroatoms. The number of carbonyl (C=O) groups is 1. The first kappa shape index (κ1) is 10.4. The van der Waals surface area contributed by atoms with Crippen molar-refractivity contribution in [1.82, 2.24) is 10.6 Å². The van der Waals surface area contributed by atoms with Crippen molar-refractivity contribution in [2.75, 3.05) is 12.4 Å². The number of terminal acetylenes is 1. The Morgan fingerprint density at radius 2 is 2.54 bits per heavy atom. The van der Waals surface area contributed by atoms with Crippen LogP contribution >= 0.6 is 11.8 Å². The number of hydrogen-bond acceptors (Lipinski definition) is 3. The number of rotatable bonds is 2. The van der Waals surface area contributed by atoms with E-state index in [-0.39, 0.29) is 16.7 Å². The van der Waals surface area contributed by atoms with E-state index >= 15 is 0 Å². The Hall–Kier alpha value is -0.660. The molecule has 1 fully saturated rings. The standard InChI is InChI=1S/C9H14N2OS/c1-4-5-10-8(12)7-9(2,3)13-6-11-7/h1,7,11H,5-6H2,2-3H3,(H,10,12). The zero-order chi connectivity index (χ0) is 9.90. The lowest BCUT2D eigenvalue weighted by Crippen LogP contribution is -2.49. The Bertz CT molecular complexity index is 244. The van der Waals surface area contributed by atoms with Crippen LogP contribution in [0.5, 0.6) is 0 Å². The van der Waals surface area contributed by atoms with Crippen molar-refractivity contribution in [3.63, 3.8) is 0 Å². The van der Waals surface area contributed by atoms with E-state index in [9.17, 15) is 4.79 Å². The van der Waals surface area contributed by atoms with E-state index in [0.717, 1.165) is 5.88 Å². The molecule has 1 unspecified atom stereocenters. The summed E-state index contributed by atoms with van der Waals surface area (Å²) in [7, 11) is 0. The normalized spacial score (nSPS) is 25.2. The highest BCUT2D eigenvalue weighted by Gasteiger charge is 2.39. The van der Waals surface area contributed by atoms with Gasteiger partial charge in [-0.3, -0.25) is 10.1 Å². The molecule has 1 rings (SSSR count). The fraction of sp³-hybridized carbons (Fsp3) is 0.667. The van der Waals surface area contributed by atoms with Crippen LogP contribution < -0.4 is 10.6 Å². The predicted molar refractivity (Wildman–Crippen MR) is 55.3 cm³/mol. The van der Waals surface area contributed by atoms with Crippen LogP contribution in [0.15, 0.2) is 0 Å². The van der Waals surface area contributed by atoms with Gasteiger partial charge in [-0.15, -0.1) is 18.2 Å². The lowest BCUT2D eigenvalue weighted by molar-refractivity contribution is -0.123. The molecule has 1 saturated heterocycles. The summed E-state index contributed by atoms with van der Waals surface area (Å²) in [6.07, 6.45) is 5.05. The van der Waals surface area contributed by atoms with Crippen molar-refractivity contribution >= 4 is 17.7 Å². The minimum atomic E-state index is -0.133. The van der Waals surface area contributed by atoms with Crippen LogP contribution in [0.3, 0.4) is 0 Å². The molecule has 0 radical (unpaired) electrons. The molecule has 0 spiro atoms. The Kier molecular flexibility index (Phi) is 3.23. The van der Waals surface area contributed by atoms with E-state index in [2.05, 4.69) is 30.4 Å². The summed E-state index contributed by atoms with van der Waals surface area (Å²) in [5, 5.41) is 5.82. The molecule has 1 atom stereocenters. The summed E-state index contributed by atoms with van der Waals surface area (Å²) in [5.41, 5.74) is 0. The molecular weight excluding hydrogens is 184 g/mol. The molecule has 2 N–H and O–H groups in total. The Morgan fingerprint density at radius 3 is 3.00 bits per heavy atom. The fourth-order valence-electron chi connectivity index (χ4n) is 1.29. The molecule has 0 bridgehead atoms. The van der Waals surface area contributed by atoms with Gasteiger partial charge < -0.3 is 5.32 Å². The number of amides is 1. The summed E-state index contributed by atoms with van der Waals surface area (Å²) in [6, 6.07) is -0.133. The van der Waals surface area contributed by atoms with Gasteiger partial charge in [0.2, 0.25) is 5.91 Å². The molecule has 72 valence electrons. The molecule has 0 aromatic heterocycles. The van der Waals surface area contributed by atoms with Crippen LogP contribution in [0, 0.1) is 12.3 Å². The number of hydrogen-bond donors (Lipinski definition) is 2. The molecule has 1 aliphatic rings. The van der Waals surface area contributed by atoms with Crippen molar-refractivity contribution in [3.8, 4) is 12.3 Å². The van der Waals surface area contributed by atoms with Gasteiger partial charge in [-0.2, -0.15) is 0 Å². The van der Waals surface area contributed by atoms with E-state index in [1.807, 2.05) is 0 Å². The minimum absolute atomic E-state index is 0.00653. The monoisotopic (exact) mass is 198 g/mol. The predicted octanol–water partition coefficient (Wildman–Crippen LogP) is 0.177. The summed E-state index contributed by atoms with van der Waals surface area (Å²) < 4.78 is -0.0430. The highest BCUT2D eigenvalue weighted by molar-refractivity contribution is 8.00. The number of thioether (sulfide) groups is 1. The second-order valence-electron chi connectivity index (χ2n) is 3.45. The maximum atomic E-state index is 11.5. The van der Waals surface area contributed by atoms with Crippen molar-refractivity contribution in [1.29, 1.82) is 0 Å². The maximum Gasteiger partial charge on any atom is 0.239 e. The quantitative estimate of drug-likeness (QED) is 0.622. The highest BCUT2D eigenvalue weighted by atomic mass is 32.2. The Balaban J connectivity index is 2.52. The molecule has 1 aliphatic heterocycles. The van der Waals surface area contributed by atoms with E-state index in [1.54, 1.807) is 11.8 Å². The summed E-state index contributed by atoms with van der Waals surface area (Å²) in [4.78, 5) is 11.5. The summed E-state index contributed by atoms with van der Waals surface area (Å²) in [6.45, 7) is 4.41. The van der Waals surface area contributed by atoms with Crippen LogP contribution in [0.4, 0.5) is 0 Å². The fourth-order valence-corrected chi connectivity index (χ4v) is 2.27. The molecule has 0 saturated carbocycles. The zero-order valence-corrected chi connectivity index (χ0v) is 8.70. The van der Waals surface area contributed by atoms with E-state index in [4.69, 9.17) is 6.42 Å². The second kappa shape index (κ2) is 4.03. The average Bonchev–Trinajstić information content (AvgIpc) is 2.41. The first-order valence-corrected chi connectivity index (χ1v) is 5.15. The minimum Gasteiger partial charge on any atom is -0.344 e. The molecule has 0 aromatic carbocycles. The third-order valence-corrected chi connectivity index (χ3v) is 3.34. The summed E-state index contributed by atoms with van der Waals surface area (Å²) >= 11 is 1.75.